The zero-order valence-corrected chi connectivity index (χ0v) is 12.4. The summed E-state index contributed by atoms with van der Waals surface area (Å²) in [6.07, 6.45) is 13.1. The van der Waals surface area contributed by atoms with Gasteiger partial charge >= 0.3 is 0 Å². The Morgan fingerprint density at radius 2 is 1.31 bits per heavy atom. The van der Waals surface area contributed by atoms with Crippen LogP contribution < -0.4 is 0 Å². The van der Waals surface area contributed by atoms with Crippen LogP contribution in [0.15, 0.2) is 0 Å². The van der Waals surface area contributed by atoms with E-state index in [4.69, 9.17) is 0 Å². The van der Waals surface area contributed by atoms with Gasteiger partial charge < -0.3 is 0 Å². The third kappa shape index (κ3) is 6.44. The molecule has 0 spiro atoms. The van der Waals surface area contributed by atoms with Crippen molar-refractivity contribution in [3.8, 4) is 0 Å². The van der Waals surface area contributed by atoms with E-state index in [2.05, 4.69) is 50.2 Å². The first-order valence-corrected chi connectivity index (χ1v) is 8.86. The molecule has 0 aromatic heterocycles. The highest BCUT2D eigenvalue weighted by molar-refractivity contribution is 8.00. The molecule has 0 nitrogen and oxygen atoms in total. The van der Waals surface area contributed by atoms with Crippen molar-refractivity contribution >= 4 is 23.5 Å². The maximum atomic E-state index is 2.56. The molecule has 0 N–H and O–H groups in total. The summed E-state index contributed by atoms with van der Waals surface area (Å²) < 4.78 is 0. The molecule has 1 aliphatic rings. The molecule has 2 radical (unpaired) electrons. The van der Waals surface area contributed by atoms with Crippen LogP contribution in [-0.4, -0.2) is 22.0 Å². The first-order chi connectivity index (χ1) is 7.86. The summed E-state index contributed by atoms with van der Waals surface area (Å²) in [6.45, 7) is 4.55. The molecule has 2 atom stereocenters. The minimum Gasteiger partial charge on any atom is -0.158 e. The van der Waals surface area contributed by atoms with Gasteiger partial charge in [-0.25, -0.2) is 0 Å². The van der Waals surface area contributed by atoms with Crippen molar-refractivity contribution in [1.29, 1.82) is 0 Å². The summed E-state index contributed by atoms with van der Waals surface area (Å²) in [5.41, 5.74) is 0. The largest absolute Gasteiger partial charge is 0.158 e. The standard InChI is InChI=1S/C14H26S2/c1-3-5-11-15-13-7-9-14(10-8-13)16-12-6-4-2/h7,10,13-14H,3-6,8-9,11-12H2,1-2H3. The number of hydrogen-bond donors (Lipinski definition) is 0. The molecular formula is C14H26S2. The van der Waals surface area contributed by atoms with Gasteiger partial charge in [0.2, 0.25) is 0 Å². The summed E-state index contributed by atoms with van der Waals surface area (Å²) in [5, 5.41) is 1.63. The average molecular weight is 258 g/mol. The third-order valence-electron chi connectivity index (χ3n) is 2.92. The maximum absolute atomic E-state index is 2.56. The molecule has 1 saturated carbocycles. The van der Waals surface area contributed by atoms with E-state index < -0.39 is 0 Å². The molecule has 0 aromatic rings. The Kier molecular flexibility index (Phi) is 8.95. The lowest BCUT2D eigenvalue weighted by Crippen LogP contribution is -2.20. The minimum absolute atomic E-state index is 0.814. The fourth-order valence-corrected chi connectivity index (χ4v) is 4.30. The van der Waals surface area contributed by atoms with Gasteiger partial charge in [-0.2, -0.15) is 23.5 Å². The van der Waals surface area contributed by atoms with E-state index in [0.29, 0.717) is 0 Å². The Hall–Kier alpha value is 0.700. The van der Waals surface area contributed by atoms with Gasteiger partial charge in [0, 0.05) is 10.5 Å². The summed E-state index contributed by atoms with van der Waals surface area (Å²) in [4.78, 5) is 0. The zero-order chi connectivity index (χ0) is 11.6. The van der Waals surface area contributed by atoms with Crippen molar-refractivity contribution in [2.75, 3.05) is 11.5 Å². The molecule has 0 bridgehead atoms. The predicted molar refractivity (Wildman–Crippen MR) is 80.1 cm³/mol. The second-order valence-electron chi connectivity index (χ2n) is 4.47. The van der Waals surface area contributed by atoms with E-state index in [1.807, 2.05) is 0 Å². The maximum Gasteiger partial charge on any atom is 0.00819 e. The van der Waals surface area contributed by atoms with Gasteiger partial charge in [-0.1, -0.05) is 26.7 Å². The Morgan fingerprint density at radius 3 is 1.62 bits per heavy atom. The number of unbranched alkanes of at least 4 members (excludes halogenated alkanes) is 2. The van der Waals surface area contributed by atoms with Crippen LogP contribution >= 0.6 is 23.5 Å². The summed E-state index contributed by atoms with van der Waals surface area (Å²) in [6, 6.07) is 0. The van der Waals surface area contributed by atoms with Crippen LogP contribution in [-0.2, 0) is 0 Å². The second kappa shape index (κ2) is 9.70. The zero-order valence-electron chi connectivity index (χ0n) is 10.8. The minimum atomic E-state index is 0.814. The van der Waals surface area contributed by atoms with Gasteiger partial charge in [0.15, 0.2) is 0 Å². The van der Waals surface area contributed by atoms with Crippen molar-refractivity contribution in [3.05, 3.63) is 12.8 Å². The van der Waals surface area contributed by atoms with Gasteiger partial charge in [-0.05, 0) is 50.0 Å². The highest BCUT2D eigenvalue weighted by Gasteiger charge is 2.21. The van der Waals surface area contributed by atoms with E-state index in [1.54, 1.807) is 0 Å². The molecule has 16 heavy (non-hydrogen) atoms. The predicted octanol–water partition coefficient (Wildman–Crippen LogP) is 4.99. The number of hydrogen-bond acceptors (Lipinski definition) is 2. The van der Waals surface area contributed by atoms with Gasteiger partial charge in [-0.3, -0.25) is 0 Å². The summed E-state index contributed by atoms with van der Waals surface area (Å²) in [7, 11) is 0. The molecule has 0 aliphatic heterocycles. The van der Waals surface area contributed by atoms with Crippen LogP contribution in [0, 0.1) is 12.8 Å². The molecule has 0 heterocycles. The fraction of sp³-hybridized carbons (Fsp3) is 0.857. The molecule has 94 valence electrons. The van der Waals surface area contributed by atoms with E-state index in [0.717, 1.165) is 10.5 Å². The van der Waals surface area contributed by atoms with Gasteiger partial charge in [0.1, 0.15) is 0 Å². The Bertz CT molecular complexity index is 133. The van der Waals surface area contributed by atoms with Crippen LogP contribution in [0.25, 0.3) is 0 Å². The average Bonchev–Trinajstić information content (AvgIpc) is 2.32. The van der Waals surface area contributed by atoms with Gasteiger partial charge in [-0.15, -0.1) is 0 Å². The topological polar surface area (TPSA) is 0 Å². The van der Waals surface area contributed by atoms with Crippen LogP contribution in [0.2, 0.25) is 0 Å². The van der Waals surface area contributed by atoms with E-state index in [1.165, 1.54) is 50.0 Å². The highest BCUT2D eigenvalue weighted by Crippen LogP contribution is 2.33. The van der Waals surface area contributed by atoms with E-state index >= 15 is 0 Å². The number of rotatable bonds is 8. The van der Waals surface area contributed by atoms with Gasteiger partial charge in [0.05, 0.1) is 0 Å². The van der Waals surface area contributed by atoms with Crippen molar-refractivity contribution in [3.63, 3.8) is 0 Å². The van der Waals surface area contributed by atoms with Crippen LogP contribution in [0.3, 0.4) is 0 Å². The third-order valence-corrected chi connectivity index (χ3v) is 5.60. The normalized spacial score (nSPS) is 25.9. The summed E-state index contributed by atoms with van der Waals surface area (Å²) in [5.74, 6) is 2.69. The van der Waals surface area contributed by atoms with Crippen molar-refractivity contribution in [2.45, 2.75) is 62.9 Å². The van der Waals surface area contributed by atoms with Crippen LogP contribution in [0.1, 0.15) is 52.4 Å². The summed E-state index contributed by atoms with van der Waals surface area (Å²) >= 11 is 4.31. The lowest BCUT2D eigenvalue weighted by atomic mass is 10.00. The van der Waals surface area contributed by atoms with Crippen LogP contribution in [0.5, 0.6) is 0 Å². The first-order valence-electron chi connectivity index (χ1n) is 6.76. The Morgan fingerprint density at radius 1 is 0.875 bits per heavy atom. The molecule has 1 aliphatic carbocycles. The van der Waals surface area contributed by atoms with E-state index in [9.17, 15) is 0 Å². The highest BCUT2D eigenvalue weighted by atomic mass is 32.2. The Labute approximate surface area is 111 Å². The Balaban J connectivity index is 2.00. The number of thioether (sulfide) groups is 2. The van der Waals surface area contributed by atoms with Crippen molar-refractivity contribution < 1.29 is 0 Å². The van der Waals surface area contributed by atoms with Crippen molar-refractivity contribution in [1.82, 2.24) is 0 Å². The van der Waals surface area contributed by atoms with Crippen molar-refractivity contribution in [2.24, 2.45) is 0 Å². The first kappa shape index (κ1) is 14.8. The molecule has 2 unspecified atom stereocenters. The molecule has 1 rings (SSSR count). The van der Waals surface area contributed by atoms with Gasteiger partial charge in [0.25, 0.3) is 0 Å². The fourth-order valence-electron chi connectivity index (χ4n) is 1.79. The quantitative estimate of drug-likeness (QED) is 0.562. The second-order valence-corrected chi connectivity index (χ2v) is 7.16. The van der Waals surface area contributed by atoms with Crippen LogP contribution in [0.4, 0.5) is 0 Å². The molecule has 0 saturated heterocycles. The monoisotopic (exact) mass is 258 g/mol. The molecule has 2 heteroatoms. The lowest BCUT2D eigenvalue weighted by Gasteiger charge is -2.27. The molecular weight excluding hydrogens is 232 g/mol. The molecule has 0 aromatic carbocycles. The smallest absolute Gasteiger partial charge is 0.00819 e. The van der Waals surface area contributed by atoms with E-state index in [-0.39, 0.29) is 0 Å². The lowest BCUT2D eigenvalue weighted by molar-refractivity contribution is 0.735. The SMILES string of the molecule is CCCCSC1[CH]CC(SCCCC)[CH]C1. The molecule has 1 fully saturated rings. The molecule has 0 amide bonds.